The molecule has 1 aliphatic rings. The third-order valence-corrected chi connectivity index (χ3v) is 4.00. The molecule has 1 aliphatic heterocycles. The Labute approximate surface area is 128 Å². The van der Waals surface area contributed by atoms with Gasteiger partial charge in [-0.05, 0) is 23.8 Å². The van der Waals surface area contributed by atoms with Crippen molar-refractivity contribution in [3.05, 3.63) is 42.7 Å². The molecule has 22 heavy (non-hydrogen) atoms. The molecule has 6 heteroatoms. The Morgan fingerprint density at radius 3 is 2.95 bits per heavy atom. The van der Waals surface area contributed by atoms with E-state index >= 15 is 0 Å². The fourth-order valence-electron chi connectivity index (χ4n) is 2.58. The second kappa shape index (κ2) is 5.63. The highest BCUT2D eigenvalue weighted by Crippen LogP contribution is 2.17. The lowest BCUT2D eigenvalue weighted by Crippen LogP contribution is -2.55. The number of nitrogens with zero attached hydrogens (tertiary/aromatic N) is 3. The average molecular weight is 298 g/mol. The van der Waals surface area contributed by atoms with Gasteiger partial charge in [0.25, 0.3) is 0 Å². The van der Waals surface area contributed by atoms with Gasteiger partial charge in [-0.2, -0.15) is 0 Å². The lowest BCUT2D eigenvalue weighted by Gasteiger charge is -2.37. The van der Waals surface area contributed by atoms with E-state index in [0.717, 1.165) is 16.6 Å². The van der Waals surface area contributed by atoms with E-state index in [1.54, 1.807) is 11.2 Å². The van der Waals surface area contributed by atoms with Crippen LogP contribution in [0.1, 0.15) is 5.56 Å². The van der Waals surface area contributed by atoms with E-state index in [1.165, 1.54) is 6.08 Å². The Morgan fingerprint density at radius 2 is 2.23 bits per heavy atom. The maximum Gasteiger partial charge on any atom is 0.246 e. The summed E-state index contributed by atoms with van der Waals surface area (Å²) >= 11 is 0. The van der Waals surface area contributed by atoms with Crippen molar-refractivity contribution >= 4 is 22.8 Å². The van der Waals surface area contributed by atoms with E-state index in [4.69, 9.17) is 0 Å². The lowest BCUT2D eigenvalue weighted by molar-refractivity contribution is -0.139. The monoisotopic (exact) mass is 298 g/mol. The first kappa shape index (κ1) is 14.3. The smallest absolute Gasteiger partial charge is 0.246 e. The van der Waals surface area contributed by atoms with Gasteiger partial charge in [-0.15, -0.1) is 0 Å². The summed E-state index contributed by atoms with van der Waals surface area (Å²) in [6.45, 7) is 4.84. The highest BCUT2D eigenvalue weighted by atomic mass is 16.2. The maximum atomic E-state index is 12.0. The van der Waals surface area contributed by atoms with Crippen molar-refractivity contribution in [1.29, 1.82) is 0 Å². The number of hydrogen-bond acceptors (Lipinski definition) is 3. The van der Waals surface area contributed by atoms with Crippen LogP contribution < -0.4 is 5.32 Å². The predicted molar refractivity (Wildman–Crippen MR) is 82.8 cm³/mol. The van der Waals surface area contributed by atoms with Gasteiger partial charge < -0.3 is 14.8 Å². The number of fused-ring (bicyclic) bond motifs is 1. The first-order valence-corrected chi connectivity index (χ1v) is 7.17. The largest absolute Gasteiger partial charge is 0.352 e. The first-order valence-electron chi connectivity index (χ1n) is 7.17. The molecule has 2 heterocycles. The minimum absolute atomic E-state index is 0.0192. The zero-order chi connectivity index (χ0) is 15.7. The van der Waals surface area contributed by atoms with Crippen LogP contribution in [0.5, 0.6) is 0 Å². The average Bonchev–Trinajstić information content (AvgIpc) is 2.84. The van der Waals surface area contributed by atoms with Crippen LogP contribution in [0.2, 0.25) is 0 Å². The number of hydrogen-bond donors (Lipinski definition) is 1. The molecule has 0 spiro atoms. The Morgan fingerprint density at radius 1 is 1.45 bits per heavy atom. The van der Waals surface area contributed by atoms with E-state index in [2.05, 4.69) is 16.9 Å². The van der Waals surface area contributed by atoms with Gasteiger partial charge in [-0.3, -0.25) is 9.59 Å². The standard InChI is InChI=1S/C16H18N4O2/c1-3-15(21)20-8-12(9-20)16(22)17-7-11-4-5-14-13(6-11)18-10-19(14)2/h3-6,10,12H,1,7-9H2,2H3,(H,17,22). The van der Waals surface area contributed by atoms with Gasteiger partial charge in [0.1, 0.15) is 0 Å². The van der Waals surface area contributed by atoms with E-state index in [0.29, 0.717) is 19.6 Å². The molecule has 1 saturated heterocycles. The molecular weight excluding hydrogens is 280 g/mol. The Balaban J connectivity index is 1.54. The van der Waals surface area contributed by atoms with Crippen LogP contribution >= 0.6 is 0 Å². The summed E-state index contributed by atoms with van der Waals surface area (Å²) in [5, 5.41) is 2.91. The van der Waals surface area contributed by atoms with Crippen molar-refractivity contribution in [2.45, 2.75) is 6.54 Å². The highest BCUT2D eigenvalue weighted by molar-refractivity contribution is 5.90. The van der Waals surface area contributed by atoms with Crippen molar-refractivity contribution in [3.63, 3.8) is 0 Å². The van der Waals surface area contributed by atoms with Crippen LogP contribution in [0.3, 0.4) is 0 Å². The molecule has 2 aromatic rings. The molecule has 3 rings (SSSR count). The second-order valence-corrected chi connectivity index (χ2v) is 5.54. The van der Waals surface area contributed by atoms with Gasteiger partial charge in [0.2, 0.25) is 11.8 Å². The van der Waals surface area contributed by atoms with Crippen LogP contribution in [0.25, 0.3) is 11.0 Å². The minimum Gasteiger partial charge on any atom is -0.352 e. The third-order valence-electron chi connectivity index (χ3n) is 4.00. The zero-order valence-electron chi connectivity index (χ0n) is 12.5. The van der Waals surface area contributed by atoms with Crippen molar-refractivity contribution in [3.8, 4) is 0 Å². The zero-order valence-corrected chi connectivity index (χ0v) is 12.5. The Hall–Kier alpha value is -2.63. The topological polar surface area (TPSA) is 67.2 Å². The molecule has 114 valence electrons. The molecule has 0 unspecified atom stereocenters. The number of aromatic nitrogens is 2. The second-order valence-electron chi connectivity index (χ2n) is 5.54. The molecule has 2 amide bonds. The van der Waals surface area contributed by atoms with Gasteiger partial charge in [0.05, 0.1) is 23.3 Å². The number of carbonyl (C=O) groups excluding carboxylic acids is 2. The van der Waals surface area contributed by atoms with Crippen LogP contribution in [-0.4, -0.2) is 39.4 Å². The molecule has 6 nitrogen and oxygen atoms in total. The summed E-state index contributed by atoms with van der Waals surface area (Å²) in [5.74, 6) is -0.263. The third kappa shape index (κ3) is 2.59. The molecule has 0 atom stereocenters. The number of rotatable bonds is 4. The molecule has 0 aliphatic carbocycles. The lowest BCUT2D eigenvalue weighted by atomic mass is 9.99. The Bertz CT molecular complexity index is 744. The molecule has 1 aromatic heterocycles. The number of amides is 2. The number of imidazole rings is 1. The number of aryl methyl sites for hydroxylation is 1. The number of benzene rings is 1. The van der Waals surface area contributed by atoms with Crippen LogP contribution in [0, 0.1) is 5.92 Å². The number of carbonyl (C=O) groups is 2. The molecular formula is C16H18N4O2. The van der Waals surface area contributed by atoms with Crippen molar-refractivity contribution in [2.75, 3.05) is 13.1 Å². The van der Waals surface area contributed by atoms with Crippen molar-refractivity contribution < 1.29 is 9.59 Å². The molecule has 1 fully saturated rings. The van der Waals surface area contributed by atoms with E-state index in [-0.39, 0.29) is 17.7 Å². The summed E-state index contributed by atoms with van der Waals surface area (Å²) in [7, 11) is 1.95. The summed E-state index contributed by atoms with van der Waals surface area (Å²) in [6, 6.07) is 5.96. The Kier molecular flexibility index (Phi) is 3.66. The van der Waals surface area contributed by atoms with Gasteiger partial charge in [0, 0.05) is 26.7 Å². The summed E-state index contributed by atoms with van der Waals surface area (Å²) in [6.07, 6.45) is 3.04. The normalized spacial score (nSPS) is 14.7. The number of nitrogens with one attached hydrogen (secondary N) is 1. The quantitative estimate of drug-likeness (QED) is 0.850. The van der Waals surface area contributed by atoms with Crippen molar-refractivity contribution in [1.82, 2.24) is 19.8 Å². The fraction of sp³-hybridized carbons (Fsp3) is 0.312. The number of likely N-dealkylation sites (tertiary alicyclic amines) is 1. The highest BCUT2D eigenvalue weighted by Gasteiger charge is 2.34. The van der Waals surface area contributed by atoms with E-state index in [1.807, 2.05) is 29.8 Å². The summed E-state index contributed by atoms with van der Waals surface area (Å²) in [4.78, 5) is 29.3. The molecule has 0 bridgehead atoms. The van der Waals surface area contributed by atoms with Gasteiger partial charge in [-0.25, -0.2) is 4.98 Å². The maximum absolute atomic E-state index is 12.0. The van der Waals surface area contributed by atoms with E-state index in [9.17, 15) is 9.59 Å². The van der Waals surface area contributed by atoms with Gasteiger partial charge in [0.15, 0.2) is 0 Å². The SMILES string of the molecule is C=CC(=O)N1CC(C(=O)NCc2ccc3c(c2)ncn3C)C1. The van der Waals surface area contributed by atoms with Crippen LogP contribution in [0.15, 0.2) is 37.2 Å². The van der Waals surface area contributed by atoms with Crippen LogP contribution in [0.4, 0.5) is 0 Å². The van der Waals surface area contributed by atoms with Gasteiger partial charge >= 0.3 is 0 Å². The van der Waals surface area contributed by atoms with Gasteiger partial charge in [-0.1, -0.05) is 12.6 Å². The molecule has 1 aromatic carbocycles. The first-order chi connectivity index (χ1) is 10.6. The minimum atomic E-state index is -0.123. The molecule has 0 saturated carbocycles. The molecule has 0 radical (unpaired) electrons. The fourth-order valence-corrected chi connectivity index (χ4v) is 2.58. The summed E-state index contributed by atoms with van der Waals surface area (Å²) < 4.78 is 1.96. The molecule has 1 N–H and O–H groups in total. The van der Waals surface area contributed by atoms with Crippen LogP contribution in [-0.2, 0) is 23.2 Å². The summed E-state index contributed by atoms with van der Waals surface area (Å²) in [5.41, 5.74) is 2.99. The van der Waals surface area contributed by atoms with Crippen molar-refractivity contribution in [2.24, 2.45) is 13.0 Å². The van der Waals surface area contributed by atoms with E-state index < -0.39 is 0 Å². The predicted octanol–water partition coefficient (Wildman–Crippen LogP) is 0.834.